The minimum absolute atomic E-state index is 0.122. The van der Waals surface area contributed by atoms with E-state index in [4.69, 9.17) is 5.11 Å². The van der Waals surface area contributed by atoms with E-state index in [9.17, 15) is 4.21 Å². The van der Waals surface area contributed by atoms with Crippen molar-refractivity contribution in [3.8, 4) is 0 Å². The highest BCUT2D eigenvalue weighted by Gasteiger charge is 2.17. The summed E-state index contributed by atoms with van der Waals surface area (Å²) < 4.78 is 11.9. The Labute approximate surface area is 107 Å². The molecule has 0 radical (unpaired) electrons. The van der Waals surface area contributed by atoms with Gasteiger partial charge in [-0.25, -0.2) is 0 Å². The van der Waals surface area contributed by atoms with Gasteiger partial charge in [0.25, 0.3) is 0 Å². The Bertz CT molecular complexity index is 368. The molecular formula is C14H22O2S. The van der Waals surface area contributed by atoms with Crippen LogP contribution in [0.4, 0.5) is 0 Å². The van der Waals surface area contributed by atoms with Crippen LogP contribution in [0.1, 0.15) is 31.4 Å². The molecule has 1 N–H and O–H groups in total. The maximum absolute atomic E-state index is 11.9. The summed E-state index contributed by atoms with van der Waals surface area (Å²) in [6.07, 6.45) is 0.794. The van der Waals surface area contributed by atoms with Gasteiger partial charge in [0.05, 0.1) is 0 Å². The predicted molar refractivity (Wildman–Crippen MR) is 73.4 cm³/mol. The fraction of sp³-hybridized carbons (Fsp3) is 0.571. The van der Waals surface area contributed by atoms with Gasteiger partial charge in [-0.15, -0.1) is 0 Å². The summed E-state index contributed by atoms with van der Waals surface area (Å²) in [5.41, 5.74) is 2.22. The van der Waals surface area contributed by atoms with Crippen molar-refractivity contribution in [1.82, 2.24) is 0 Å². The van der Waals surface area contributed by atoms with Gasteiger partial charge in [0.2, 0.25) is 0 Å². The normalized spacial score (nSPS) is 13.6. The second-order valence-corrected chi connectivity index (χ2v) is 6.92. The second kappa shape index (κ2) is 6.31. The van der Waals surface area contributed by atoms with E-state index in [1.54, 1.807) is 0 Å². The van der Waals surface area contributed by atoms with Crippen molar-refractivity contribution < 1.29 is 9.32 Å². The van der Waals surface area contributed by atoms with Gasteiger partial charge in [-0.05, 0) is 24.3 Å². The average molecular weight is 254 g/mol. The summed E-state index contributed by atoms with van der Waals surface area (Å²) in [4.78, 5) is 0. The Morgan fingerprint density at radius 1 is 1.24 bits per heavy atom. The van der Waals surface area contributed by atoms with Crippen LogP contribution in [0.3, 0.4) is 0 Å². The lowest BCUT2D eigenvalue weighted by Crippen LogP contribution is -2.20. The summed E-state index contributed by atoms with van der Waals surface area (Å²) in [5, 5.41) is 9.13. The first kappa shape index (κ1) is 14.4. The van der Waals surface area contributed by atoms with Gasteiger partial charge in [-0.3, -0.25) is 4.21 Å². The molecule has 1 rings (SSSR count). The SMILES string of the molecule is Cc1ccc(CS(=O)CCC(C)(C)CO)cc1. The second-order valence-electron chi connectivity index (χ2n) is 5.35. The third-order valence-electron chi connectivity index (χ3n) is 2.88. The van der Waals surface area contributed by atoms with Gasteiger partial charge >= 0.3 is 0 Å². The van der Waals surface area contributed by atoms with Crippen molar-refractivity contribution >= 4 is 10.8 Å². The average Bonchev–Trinajstić information content (AvgIpc) is 2.30. The number of aryl methyl sites for hydroxylation is 1. The molecule has 0 amide bonds. The van der Waals surface area contributed by atoms with Crippen molar-refractivity contribution in [2.24, 2.45) is 5.41 Å². The highest BCUT2D eigenvalue weighted by molar-refractivity contribution is 7.84. The molecule has 0 saturated heterocycles. The van der Waals surface area contributed by atoms with E-state index in [1.807, 2.05) is 45.0 Å². The van der Waals surface area contributed by atoms with Crippen molar-refractivity contribution in [1.29, 1.82) is 0 Å². The van der Waals surface area contributed by atoms with Crippen LogP contribution in [-0.2, 0) is 16.6 Å². The number of benzene rings is 1. The monoisotopic (exact) mass is 254 g/mol. The summed E-state index contributed by atoms with van der Waals surface area (Å²) in [6, 6.07) is 8.16. The molecule has 0 spiro atoms. The van der Waals surface area contributed by atoms with Crippen LogP contribution in [-0.4, -0.2) is 21.7 Å². The molecule has 17 heavy (non-hydrogen) atoms. The molecule has 0 aromatic heterocycles. The number of hydrogen-bond donors (Lipinski definition) is 1. The molecule has 1 aromatic carbocycles. The quantitative estimate of drug-likeness (QED) is 0.847. The molecule has 0 aliphatic rings. The van der Waals surface area contributed by atoms with Gasteiger partial charge in [0.1, 0.15) is 0 Å². The summed E-state index contributed by atoms with van der Waals surface area (Å²) in [6.45, 7) is 6.19. The Balaban J connectivity index is 2.42. The maximum Gasteiger partial charge on any atom is 0.0485 e. The standard InChI is InChI=1S/C14H22O2S/c1-12-4-6-13(7-5-12)10-17(16)9-8-14(2,3)11-15/h4-7,15H,8-11H2,1-3H3. The van der Waals surface area contributed by atoms with Crippen LogP contribution in [0.2, 0.25) is 0 Å². The zero-order chi connectivity index (χ0) is 12.9. The maximum atomic E-state index is 11.9. The molecule has 0 saturated carbocycles. The van der Waals surface area contributed by atoms with Crippen molar-refractivity contribution in [2.75, 3.05) is 12.4 Å². The first-order valence-corrected chi connectivity index (χ1v) is 7.43. The van der Waals surface area contributed by atoms with Crippen LogP contribution in [0.25, 0.3) is 0 Å². The van der Waals surface area contributed by atoms with E-state index in [0.29, 0.717) is 11.5 Å². The predicted octanol–water partition coefficient (Wildman–Crippen LogP) is 2.65. The Morgan fingerprint density at radius 3 is 2.35 bits per heavy atom. The van der Waals surface area contributed by atoms with E-state index in [-0.39, 0.29) is 12.0 Å². The fourth-order valence-electron chi connectivity index (χ4n) is 1.41. The van der Waals surface area contributed by atoms with E-state index in [2.05, 4.69) is 0 Å². The van der Waals surface area contributed by atoms with Crippen LogP contribution < -0.4 is 0 Å². The van der Waals surface area contributed by atoms with Crippen molar-refractivity contribution in [2.45, 2.75) is 32.9 Å². The highest BCUT2D eigenvalue weighted by Crippen LogP contribution is 2.19. The van der Waals surface area contributed by atoms with E-state index in [0.717, 1.165) is 12.0 Å². The molecule has 1 aromatic rings. The summed E-state index contributed by atoms with van der Waals surface area (Å²) in [7, 11) is -0.837. The van der Waals surface area contributed by atoms with E-state index < -0.39 is 10.8 Å². The number of hydrogen-bond acceptors (Lipinski definition) is 2. The van der Waals surface area contributed by atoms with E-state index >= 15 is 0 Å². The molecule has 1 atom stereocenters. The minimum Gasteiger partial charge on any atom is -0.396 e. The zero-order valence-corrected chi connectivity index (χ0v) is 11.7. The third-order valence-corrected chi connectivity index (χ3v) is 4.20. The number of aliphatic hydroxyl groups excluding tert-OH is 1. The molecular weight excluding hydrogens is 232 g/mol. The minimum atomic E-state index is -0.837. The summed E-state index contributed by atoms with van der Waals surface area (Å²) >= 11 is 0. The lowest BCUT2D eigenvalue weighted by molar-refractivity contribution is 0.156. The number of aliphatic hydroxyl groups is 1. The smallest absolute Gasteiger partial charge is 0.0485 e. The van der Waals surface area contributed by atoms with Crippen molar-refractivity contribution in [3.63, 3.8) is 0 Å². The summed E-state index contributed by atoms with van der Waals surface area (Å²) in [5.74, 6) is 1.27. The number of rotatable bonds is 6. The van der Waals surface area contributed by atoms with Gasteiger partial charge in [0, 0.05) is 28.9 Å². The van der Waals surface area contributed by atoms with Gasteiger partial charge < -0.3 is 5.11 Å². The molecule has 2 nitrogen and oxygen atoms in total. The molecule has 3 heteroatoms. The van der Waals surface area contributed by atoms with E-state index in [1.165, 1.54) is 5.56 Å². The van der Waals surface area contributed by atoms with Crippen LogP contribution in [0, 0.1) is 12.3 Å². The van der Waals surface area contributed by atoms with Crippen molar-refractivity contribution in [3.05, 3.63) is 35.4 Å². The highest BCUT2D eigenvalue weighted by atomic mass is 32.2. The molecule has 0 aliphatic carbocycles. The molecule has 0 bridgehead atoms. The topological polar surface area (TPSA) is 37.3 Å². The molecule has 96 valence electrons. The van der Waals surface area contributed by atoms with Gasteiger partial charge in [-0.2, -0.15) is 0 Å². The lowest BCUT2D eigenvalue weighted by Gasteiger charge is -2.20. The zero-order valence-electron chi connectivity index (χ0n) is 10.9. The fourth-order valence-corrected chi connectivity index (χ4v) is 2.90. The van der Waals surface area contributed by atoms with Gasteiger partial charge in [-0.1, -0.05) is 43.7 Å². The Morgan fingerprint density at radius 2 is 1.82 bits per heavy atom. The third kappa shape index (κ3) is 5.46. The van der Waals surface area contributed by atoms with Crippen LogP contribution in [0.15, 0.2) is 24.3 Å². The first-order chi connectivity index (χ1) is 7.93. The molecule has 1 unspecified atom stereocenters. The van der Waals surface area contributed by atoms with Crippen LogP contribution in [0.5, 0.6) is 0 Å². The Kier molecular flexibility index (Phi) is 5.34. The largest absolute Gasteiger partial charge is 0.396 e. The molecule has 0 fully saturated rings. The first-order valence-electron chi connectivity index (χ1n) is 5.94. The van der Waals surface area contributed by atoms with Gasteiger partial charge in [0.15, 0.2) is 0 Å². The Hall–Kier alpha value is -0.670. The lowest BCUT2D eigenvalue weighted by atomic mass is 9.92. The molecule has 0 heterocycles. The molecule has 0 aliphatic heterocycles. The van der Waals surface area contributed by atoms with Crippen LogP contribution >= 0.6 is 0 Å².